The topological polar surface area (TPSA) is 33.2 Å². The highest BCUT2D eigenvalue weighted by molar-refractivity contribution is 6.30. The van der Waals surface area contributed by atoms with Gasteiger partial charge < -0.3 is 4.90 Å². The Labute approximate surface area is 129 Å². The second-order valence-electron chi connectivity index (χ2n) is 5.34. The van der Waals surface area contributed by atoms with Crippen molar-refractivity contribution < 1.29 is 4.79 Å². The Kier molecular flexibility index (Phi) is 4.20. The predicted octanol–water partition coefficient (Wildman–Crippen LogP) is 3.64. The molecule has 1 amide bonds. The van der Waals surface area contributed by atoms with Gasteiger partial charge in [0.2, 0.25) is 5.91 Å². The van der Waals surface area contributed by atoms with E-state index in [9.17, 15) is 4.79 Å². The second kappa shape index (κ2) is 6.27. The van der Waals surface area contributed by atoms with E-state index in [-0.39, 0.29) is 11.9 Å². The van der Waals surface area contributed by atoms with Crippen LogP contribution in [-0.2, 0) is 11.2 Å². The SMILES string of the molecule is O=C(Cc1cccnc1)N1CCCC1c1cccc(Cl)c1. The first-order valence-corrected chi connectivity index (χ1v) is 7.55. The number of hydrogen-bond acceptors (Lipinski definition) is 2. The number of rotatable bonds is 3. The fourth-order valence-corrected chi connectivity index (χ4v) is 3.10. The second-order valence-corrected chi connectivity index (χ2v) is 5.77. The van der Waals surface area contributed by atoms with E-state index in [1.807, 2.05) is 41.3 Å². The number of hydrogen-bond donors (Lipinski definition) is 0. The molecule has 0 aliphatic carbocycles. The molecule has 3 rings (SSSR count). The summed E-state index contributed by atoms with van der Waals surface area (Å²) in [6.07, 6.45) is 5.92. The lowest BCUT2D eigenvalue weighted by Crippen LogP contribution is -2.31. The number of carbonyl (C=O) groups is 1. The standard InChI is InChI=1S/C17H17ClN2O/c18-15-6-1-5-14(11-15)16-7-3-9-20(16)17(21)10-13-4-2-8-19-12-13/h1-2,4-6,8,11-12,16H,3,7,9-10H2. The largest absolute Gasteiger partial charge is 0.335 e. The zero-order chi connectivity index (χ0) is 14.7. The Morgan fingerprint density at radius 1 is 1.33 bits per heavy atom. The maximum absolute atomic E-state index is 12.5. The first-order chi connectivity index (χ1) is 10.2. The predicted molar refractivity (Wildman–Crippen MR) is 83.1 cm³/mol. The highest BCUT2D eigenvalue weighted by atomic mass is 35.5. The third-order valence-corrected chi connectivity index (χ3v) is 4.12. The van der Waals surface area contributed by atoms with Crippen LogP contribution in [0.4, 0.5) is 0 Å². The Morgan fingerprint density at radius 3 is 3.00 bits per heavy atom. The summed E-state index contributed by atoms with van der Waals surface area (Å²) in [5.41, 5.74) is 2.08. The van der Waals surface area contributed by atoms with Gasteiger partial charge in [-0.05, 0) is 42.2 Å². The molecule has 1 aliphatic rings. The molecule has 4 heteroatoms. The first-order valence-electron chi connectivity index (χ1n) is 7.18. The molecule has 1 aromatic heterocycles. The van der Waals surface area contributed by atoms with E-state index in [2.05, 4.69) is 4.98 Å². The zero-order valence-corrected chi connectivity index (χ0v) is 12.5. The lowest BCUT2D eigenvalue weighted by Gasteiger charge is -2.25. The molecule has 1 aliphatic heterocycles. The van der Waals surface area contributed by atoms with E-state index in [4.69, 9.17) is 11.6 Å². The Hall–Kier alpha value is -1.87. The third kappa shape index (κ3) is 3.24. The van der Waals surface area contributed by atoms with Crippen molar-refractivity contribution in [2.24, 2.45) is 0 Å². The number of halogens is 1. The fraction of sp³-hybridized carbons (Fsp3) is 0.294. The summed E-state index contributed by atoms with van der Waals surface area (Å²) in [7, 11) is 0. The minimum absolute atomic E-state index is 0.146. The van der Waals surface area contributed by atoms with Gasteiger partial charge >= 0.3 is 0 Å². The minimum atomic E-state index is 0.146. The van der Waals surface area contributed by atoms with Crippen molar-refractivity contribution in [3.05, 3.63) is 64.9 Å². The van der Waals surface area contributed by atoms with E-state index in [1.54, 1.807) is 12.4 Å². The van der Waals surface area contributed by atoms with Crippen LogP contribution in [0.5, 0.6) is 0 Å². The fourth-order valence-electron chi connectivity index (χ4n) is 2.90. The lowest BCUT2D eigenvalue weighted by atomic mass is 10.0. The number of aromatic nitrogens is 1. The summed E-state index contributed by atoms with van der Waals surface area (Å²) in [6, 6.07) is 11.8. The van der Waals surface area contributed by atoms with Crippen LogP contribution in [0, 0.1) is 0 Å². The number of likely N-dealkylation sites (tertiary alicyclic amines) is 1. The van der Waals surface area contributed by atoms with Gasteiger partial charge in [0.1, 0.15) is 0 Å². The smallest absolute Gasteiger partial charge is 0.227 e. The first kappa shape index (κ1) is 14.1. The Balaban J connectivity index is 1.76. The van der Waals surface area contributed by atoms with E-state index < -0.39 is 0 Å². The summed E-state index contributed by atoms with van der Waals surface area (Å²) < 4.78 is 0. The van der Waals surface area contributed by atoms with Gasteiger partial charge in [-0.3, -0.25) is 9.78 Å². The number of pyridine rings is 1. The molecule has 0 bridgehead atoms. The molecular formula is C17H17ClN2O. The summed E-state index contributed by atoms with van der Waals surface area (Å²) >= 11 is 6.07. The van der Waals surface area contributed by atoms with E-state index in [1.165, 1.54) is 0 Å². The summed E-state index contributed by atoms with van der Waals surface area (Å²) in [4.78, 5) is 18.6. The van der Waals surface area contributed by atoms with E-state index in [0.29, 0.717) is 6.42 Å². The molecule has 1 fully saturated rings. The molecule has 0 saturated carbocycles. The lowest BCUT2D eigenvalue weighted by molar-refractivity contribution is -0.131. The maximum atomic E-state index is 12.5. The molecule has 0 radical (unpaired) electrons. The molecule has 0 spiro atoms. The number of carbonyl (C=O) groups excluding carboxylic acids is 1. The average molecular weight is 301 g/mol. The molecule has 2 aromatic rings. The van der Waals surface area contributed by atoms with Crippen molar-refractivity contribution in [3.8, 4) is 0 Å². The molecule has 1 aromatic carbocycles. The molecule has 1 saturated heterocycles. The van der Waals surface area contributed by atoms with Gasteiger partial charge in [0, 0.05) is 24.0 Å². The van der Waals surface area contributed by atoms with Gasteiger partial charge in [-0.15, -0.1) is 0 Å². The van der Waals surface area contributed by atoms with Crippen LogP contribution < -0.4 is 0 Å². The van der Waals surface area contributed by atoms with Crippen LogP contribution in [0.1, 0.15) is 30.0 Å². The maximum Gasteiger partial charge on any atom is 0.227 e. The van der Waals surface area contributed by atoms with Crippen LogP contribution in [-0.4, -0.2) is 22.3 Å². The molecule has 1 unspecified atom stereocenters. The highest BCUT2D eigenvalue weighted by Crippen LogP contribution is 2.33. The van der Waals surface area contributed by atoms with E-state index >= 15 is 0 Å². The average Bonchev–Trinajstić information content (AvgIpc) is 2.98. The zero-order valence-electron chi connectivity index (χ0n) is 11.7. The van der Waals surface area contributed by atoms with Crippen molar-refractivity contribution in [1.29, 1.82) is 0 Å². The monoisotopic (exact) mass is 300 g/mol. The van der Waals surface area contributed by atoms with Crippen molar-refractivity contribution >= 4 is 17.5 Å². The third-order valence-electron chi connectivity index (χ3n) is 3.88. The molecule has 1 atom stereocenters. The highest BCUT2D eigenvalue weighted by Gasteiger charge is 2.29. The van der Waals surface area contributed by atoms with Crippen LogP contribution in [0.15, 0.2) is 48.8 Å². The quantitative estimate of drug-likeness (QED) is 0.867. The molecule has 3 nitrogen and oxygen atoms in total. The molecule has 0 N–H and O–H groups in total. The van der Waals surface area contributed by atoms with Crippen LogP contribution >= 0.6 is 11.6 Å². The van der Waals surface area contributed by atoms with Crippen molar-refractivity contribution in [2.75, 3.05) is 6.54 Å². The van der Waals surface area contributed by atoms with Gasteiger partial charge in [-0.2, -0.15) is 0 Å². The van der Waals surface area contributed by atoms with Gasteiger partial charge in [-0.1, -0.05) is 29.8 Å². The molecule has 2 heterocycles. The van der Waals surface area contributed by atoms with Crippen LogP contribution in [0.25, 0.3) is 0 Å². The van der Waals surface area contributed by atoms with Gasteiger partial charge in [0.05, 0.1) is 12.5 Å². The van der Waals surface area contributed by atoms with Crippen molar-refractivity contribution in [3.63, 3.8) is 0 Å². The van der Waals surface area contributed by atoms with Gasteiger partial charge in [0.25, 0.3) is 0 Å². The summed E-state index contributed by atoms with van der Waals surface area (Å²) in [5.74, 6) is 0.158. The Morgan fingerprint density at radius 2 is 2.24 bits per heavy atom. The number of amides is 1. The van der Waals surface area contributed by atoms with Gasteiger partial charge in [0.15, 0.2) is 0 Å². The van der Waals surface area contributed by atoms with Crippen molar-refractivity contribution in [2.45, 2.75) is 25.3 Å². The molecular weight excluding hydrogens is 284 g/mol. The molecule has 21 heavy (non-hydrogen) atoms. The van der Waals surface area contributed by atoms with Crippen LogP contribution in [0.3, 0.4) is 0 Å². The number of nitrogens with zero attached hydrogens (tertiary/aromatic N) is 2. The van der Waals surface area contributed by atoms with Crippen LogP contribution in [0.2, 0.25) is 5.02 Å². The van der Waals surface area contributed by atoms with E-state index in [0.717, 1.165) is 35.5 Å². The van der Waals surface area contributed by atoms with Gasteiger partial charge in [-0.25, -0.2) is 0 Å². The summed E-state index contributed by atoms with van der Waals surface area (Å²) in [5, 5.41) is 0.721. The minimum Gasteiger partial charge on any atom is -0.335 e. The van der Waals surface area contributed by atoms with Crippen molar-refractivity contribution in [1.82, 2.24) is 9.88 Å². The number of benzene rings is 1. The summed E-state index contributed by atoms with van der Waals surface area (Å²) in [6.45, 7) is 0.816. The Bertz CT molecular complexity index is 630. The normalized spacial score (nSPS) is 18.0. The molecule has 108 valence electrons.